The maximum atomic E-state index is 8.29. The molecule has 3 nitrogen and oxygen atoms in total. The highest BCUT2D eigenvalue weighted by molar-refractivity contribution is 9.10. The first-order chi connectivity index (χ1) is 8.08. The van der Waals surface area contributed by atoms with Crippen LogP contribution in [-0.4, -0.2) is 48.9 Å². The molecule has 0 atom stereocenters. The number of nitrogens with zero attached hydrogens (tertiary/aromatic N) is 2. The van der Waals surface area contributed by atoms with E-state index in [4.69, 9.17) is 5.41 Å². The highest BCUT2D eigenvalue weighted by Crippen LogP contribution is 2.18. The Labute approximate surface area is 111 Å². The summed E-state index contributed by atoms with van der Waals surface area (Å²) < 4.78 is 1.07. The number of amidine groups is 1. The first kappa shape index (κ1) is 12.6. The van der Waals surface area contributed by atoms with Crippen LogP contribution in [0.25, 0.3) is 0 Å². The number of piperazine rings is 1. The molecule has 1 N–H and O–H groups in total. The fourth-order valence-electron chi connectivity index (χ4n) is 2.09. The lowest BCUT2D eigenvalue weighted by Gasteiger charge is -2.34. The monoisotopic (exact) mass is 295 g/mol. The maximum Gasteiger partial charge on any atom is 0.128 e. The van der Waals surface area contributed by atoms with E-state index in [0.717, 1.165) is 41.8 Å². The van der Waals surface area contributed by atoms with Crippen molar-refractivity contribution in [3.05, 3.63) is 33.8 Å². The molecule has 1 fully saturated rings. The van der Waals surface area contributed by atoms with Crippen LogP contribution in [0.4, 0.5) is 0 Å². The van der Waals surface area contributed by atoms with Gasteiger partial charge in [0, 0.05) is 36.2 Å². The summed E-state index contributed by atoms with van der Waals surface area (Å²) in [6, 6.07) is 6.10. The average molecular weight is 296 g/mol. The van der Waals surface area contributed by atoms with Gasteiger partial charge in [-0.05, 0) is 37.7 Å². The van der Waals surface area contributed by atoms with E-state index in [0.29, 0.717) is 5.84 Å². The number of benzene rings is 1. The van der Waals surface area contributed by atoms with Crippen molar-refractivity contribution in [1.29, 1.82) is 5.41 Å². The Morgan fingerprint density at radius 2 is 1.88 bits per heavy atom. The van der Waals surface area contributed by atoms with E-state index in [9.17, 15) is 0 Å². The van der Waals surface area contributed by atoms with Gasteiger partial charge in [-0.1, -0.05) is 15.9 Å². The standard InChI is InChI=1S/C13H18BrN3/c1-10-9-11(14)3-4-12(10)13(15)17-7-5-16(2)6-8-17/h3-4,9,15H,5-8H2,1-2H3. The summed E-state index contributed by atoms with van der Waals surface area (Å²) >= 11 is 3.46. The van der Waals surface area contributed by atoms with Crippen LogP contribution in [0.5, 0.6) is 0 Å². The minimum atomic E-state index is 0.656. The molecule has 1 aliphatic rings. The van der Waals surface area contributed by atoms with Crippen LogP contribution in [0.2, 0.25) is 0 Å². The topological polar surface area (TPSA) is 30.3 Å². The van der Waals surface area contributed by atoms with Gasteiger partial charge in [0.15, 0.2) is 0 Å². The minimum absolute atomic E-state index is 0.656. The van der Waals surface area contributed by atoms with Gasteiger partial charge in [0.1, 0.15) is 5.84 Å². The van der Waals surface area contributed by atoms with E-state index < -0.39 is 0 Å². The van der Waals surface area contributed by atoms with Crippen LogP contribution in [0.1, 0.15) is 11.1 Å². The number of hydrogen-bond donors (Lipinski definition) is 1. The van der Waals surface area contributed by atoms with Crippen LogP contribution < -0.4 is 0 Å². The summed E-state index contributed by atoms with van der Waals surface area (Å²) in [6.07, 6.45) is 0. The molecular formula is C13H18BrN3. The molecule has 0 radical (unpaired) electrons. The van der Waals surface area contributed by atoms with Gasteiger partial charge in [0.25, 0.3) is 0 Å². The second-order valence-electron chi connectivity index (χ2n) is 4.60. The molecule has 0 aliphatic carbocycles. The predicted octanol–water partition coefficient (Wildman–Crippen LogP) is 2.33. The molecule has 1 aromatic rings. The highest BCUT2D eigenvalue weighted by Gasteiger charge is 2.18. The van der Waals surface area contributed by atoms with Crippen molar-refractivity contribution in [1.82, 2.24) is 9.80 Å². The Bertz CT molecular complexity index is 423. The Hall–Kier alpha value is -0.870. The van der Waals surface area contributed by atoms with Gasteiger partial charge in [-0.3, -0.25) is 5.41 Å². The van der Waals surface area contributed by atoms with Crippen LogP contribution in [-0.2, 0) is 0 Å². The Balaban J connectivity index is 2.14. The van der Waals surface area contributed by atoms with E-state index in [1.165, 1.54) is 0 Å². The normalized spacial score (nSPS) is 17.2. The molecule has 1 aliphatic heterocycles. The van der Waals surface area contributed by atoms with Crippen LogP contribution in [0.3, 0.4) is 0 Å². The van der Waals surface area contributed by atoms with Gasteiger partial charge in [0.05, 0.1) is 0 Å². The summed E-state index contributed by atoms with van der Waals surface area (Å²) in [4.78, 5) is 4.47. The largest absolute Gasteiger partial charge is 0.354 e. The van der Waals surface area contributed by atoms with E-state index >= 15 is 0 Å². The van der Waals surface area contributed by atoms with Crippen molar-refractivity contribution in [3.63, 3.8) is 0 Å². The summed E-state index contributed by atoms with van der Waals surface area (Å²) in [7, 11) is 2.13. The van der Waals surface area contributed by atoms with E-state index in [-0.39, 0.29) is 0 Å². The lowest BCUT2D eigenvalue weighted by atomic mass is 10.1. The molecule has 1 saturated heterocycles. The molecule has 0 saturated carbocycles. The molecule has 4 heteroatoms. The zero-order chi connectivity index (χ0) is 12.4. The predicted molar refractivity (Wildman–Crippen MR) is 74.8 cm³/mol. The van der Waals surface area contributed by atoms with Crippen molar-refractivity contribution < 1.29 is 0 Å². The number of likely N-dealkylation sites (N-methyl/N-ethyl adjacent to an activating group) is 1. The van der Waals surface area contributed by atoms with Gasteiger partial charge < -0.3 is 9.80 Å². The van der Waals surface area contributed by atoms with Gasteiger partial charge in [-0.25, -0.2) is 0 Å². The first-order valence-corrected chi connectivity index (χ1v) is 6.66. The molecule has 1 heterocycles. The van der Waals surface area contributed by atoms with Crippen molar-refractivity contribution in [2.45, 2.75) is 6.92 Å². The zero-order valence-corrected chi connectivity index (χ0v) is 11.9. The van der Waals surface area contributed by atoms with Crippen molar-refractivity contribution >= 4 is 21.8 Å². The lowest BCUT2D eigenvalue weighted by Crippen LogP contribution is -2.47. The number of rotatable bonds is 1. The summed E-state index contributed by atoms with van der Waals surface area (Å²) in [5.74, 6) is 0.656. The van der Waals surface area contributed by atoms with Crippen molar-refractivity contribution in [2.75, 3.05) is 33.2 Å². The van der Waals surface area contributed by atoms with E-state index in [1.54, 1.807) is 0 Å². The van der Waals surface area contributed by atoms with Gasteiger partial charge in [-0.15, -0.1) is 0 Å². The quantitative estimate of drug-likeness (QED) is 0.637. The van der Waals surface area contributed by atoms with Gasteiger partial charge in [-0.2, -0.15) is 0 Å². The van der Waals surface area contributed by atoms with Crippen molar-refractivity contribution in [3.8, 4) is 0 Å². The van der Waals surface area contributed by atoms with Gasteiger partial charge in [0.2, 0.25) is 0 Å². The smallest absolute Gasteiger partial charge is 0.128 e. The van der Waals surface area contributed by atoms with E-state index in [1.807, 2.05) is 12.1 Å². The van der Waals surface area contributed by atoms with Crippen LogP contribution in [0, 0.1) is 12.3 Å². The van der Waals surface area contributed by atoms with Crippen molar-refractivity contribution in [2.24, 2.45) is 0 Å². The summed E-state index contributed by atoms with van der Waals surface area (Å²) in [5, 5.41) is 8.29. The third-order valence-corrected chi connectivity index (χ3v) is 3.76. The first-order valence-electron chi connectivity index (χ1n) is 5.86. The summed E-state index contributed by atoms with van der Waals surface area (Å²) in [6.45, 7) is 6.04. The Kier molecular flexibility index (Phi) is 3.84. The average Bonchev–Trinajstić information content (AvgIpc) is 2.29. The van der Waals surface area contributed by atoms with E-state index in [2.05, 4.69) is 45.8 Å². The number of halogens is 1. The fourth-order valence-corrected chi connectivity index (χ4v) is 2.57. The number of nitrogens with one attached hydrogen (secondary N) is 1. The number of aryl methyl sites for hydroxylation is 1. The fraction of sp³-hybridized carbons (Fsp3) is 0.462. The zero-order valence-electron chi connectivity index (χ0n) is 10.3. The lowest BCUT2D eigenvalue weighted by molar-refractivity contribution is 0.215. The molecule has 0 unspecified atom stereocenters. The number of hydrogen-bond acceptors (Lipinski definition) is 2. The second kappa shape index (κ2) is 5.19. The Morgan fingerprint density at radius 1 is 1.24 bits per heavy atom. The second-order valence-corrected chi connectivity index (χ2v) is 5.51. The highest BCUT2D eigenvalue weighted by atomic mass is 79.9. The molecule has 0 aromatic heterocycles. The van der Waals surface area contributed by atoms with Crippen LogP contribution >= 0.6 is 15.9 Å². The summed E-state index contributed by atoms with van der Waals surface area (Å²) in [5.41, 5.74) is 2.20. The molecule has 1 aromatic carbocycles. The third-order valence-electron chi connectivity index (χ3n) is 3.26. The molecular weight excluding hydrogens is 278 g/mol. The molecule has 17 heavy (non-hydrogen) atoms. The molecule has 0 bridgehead atoms. The molecule has 0 spiro atoms. The molecule has 2 rings (SSSR count). The van der Waals surface area contributed by atoms with Crippen LogP contribution in [0.15, 0.2) is 22.7 Å². The van der Waals surface area contributed by atoms with Gasteiger partial charge >= 0.3 is 0 Å². The Morgan fingerprint density at radius 3 is 2.47 bits per heavy atom. The maximum absolute atomic E-state index is 8.29. The molecule has 0 amide bonds. The third kappa shape index (κ3) is 2.87. The SMILES string of the molecule is Cc1cc(Br)ccc1C(=N)N1CCN(C)CC1. The minimum Gasteiger partial charge on any atom is -0.354 e. The molecule has 92 valence electrons.